The van der Waals surface area contributed by atoms with Gasteiger partial charge in [-0.2, -0.15) is 5.54 Å². The largest absolute Gasteiger partial charge is 4.00 e. The molecule has 2 aliphatic carbocycles. The number of halogens is 3. The SMILES string of the molecule is CCCC[Si](C)(c1cc(C)cc(C)c1)C1[CH-]C2C=CC=CC2C1.[Cl-].[Cl-].[Cl-].[Ti+4]. The van der Waals surface area contributed by atoms with Crippen LogP contribution in [-0.4, -0.2) is 8.07 Å². The summed E-state index contributed by atoms with van der Waals surface area (Å²) in [4.78, 5) is 0. The summed E-state index contributed by atoms with van der Waals surface area (Å²) < 4.78 is 0. The Morgan fingerprint density at radius 2 is 1.59 bits per heavy atom. The zero-order valence-electron chi connectivity index (χ0n) is 16.8. The van der Waals surface area contributed by atoms with Crippen LogP contribution in [0.4, 0.5) is 0 Å². The Hall–Kier alpha value is 0.501. The van der Waals surface area contributed by atoms with Gasteiger partial charge in [0.1, 0.15) is 0 Å². The molecule has 0 N–H and O–H groups in total. The first-order valence-electron chi connectivity index (χ1n) is 9.31. The Labute approximate surface area is 201 Å². The molecule has 3 rings (SSSR count). The van der Waals surface area contributed by atoms with Crippen molar-refractivity contribution in [2.45, 2.75) is 58.2 Å². The first kappa shape index (κ1) is 29.7. The van der Waals surface area contributed by atoms with E-state index < -0.39 is 8.07 Å². The summed E-state index contributed by atoms with van der Waals surface area (Å²) >= 11 is 0. The van der Waals surface area contributed by atoms with Crippen molar-refractivity contribution in [3.05, 3.63) is 60.1 Å². The van der Waals surface area contributed by atoms with E-state index in [2.05, 4.69) is 76.2 Å². The molecular weight excluding hydrogens is 447 g/mol. The minimum absolute atomic E-state index is 0. The van der Waals surface area contributed by atoms with Crippen molar-refractivity contribution in [3.63, 3.8) is 0 Å². The van der Waals surface area contributed by atoms with Gasteiger partial charge in [-0.05, 0) is 19.8 Å². The molecule has 5 heteroatoms. The van der Waals surface area contributed by atoms with E-state index in [4.69, 9.17) is 0 Å². The number of fused-ring (bicyclic) bond motifs is 1. The van der Waals surface area contributed by atoms with Crippen molar-refractivity contribution >= 4 is 13.3 Å². The van der Waals surface area contributed by atoms with E-state index in [1.165, 1.54) is 36.4 Å². The van der Waals surface area contributed by atoms with Crippen LogP contribution in [-0.2, 0) is 21.7 Å². The number of hydrogen-bond acceptors (Lipinski definition) is 0. The van der Waals surface area contributed by atoms with Crippen LogP contribution < -0.4 is 42.4 Å². The normalized spacial score (nSPS) is 24.4. The average molecular weight is 478 g/mol. The molecule has 0 aromatic heterocycles. The van der Waals surface area contributed by atoms with E-state index >= 15 is 0 Å². The second-order valence-corrected chi connectivity index (χ2v) is 12.6. The van der Waals surface area contributed by atoms with E-state index in [1.807, 2.05) is 0 Å². The van der Waals surface area contributed by atoms with Crippen molar-refractivity contribution in [2.24, 2.45) is 11.8 Å². The van der Waals surface area contributed by atoms with Crippen LogP contribution in [0.5, 0.6) is 0 Å². The number of aryl methyl sites for hydroxylation is 2. The fourth-order valence-electron chi connectivity index (χ4n) is 4.62. The standard InChI is InChI=1S/C22H31Si.3ClH.Ti/c1-5-6-11-23(4,21-13-17(2)12-18(3)14-21)22-15-19-9-7-8-10-20(19)16-22;;;;/h7-10,12-15,19-20,22H,5-6,11,16H2,1-4H3;3*1H;/q-1;;;;+4/p-3. The van der Waals surface area contributed by atoms with E-state index in [-0.39, 0.29) is 58.9 Å². The van der Waals surface area contributed by atoms with Gasteiger partial charge < -0.3 is 43.6 Å². The van der Waals surface area contributed by atoms with E-state index in [0.717, 1.165) is 11.5 Å². The molecule has 0 spiro atoms. The molecule has 0 nitrogen and oxygen atoms in total. The van der Waals surface area contributed by atoms with Gasteiger partial charge in [0.15, 0.2) is 0 Å². The first-order valence-corrected chi connectivity index (χ1v) is 12.1. The predicted molar refractivity (Wildman–Crippen MR) is 105 cm³/mol. The smallest absolute Gasteiger partial charge is 1.00 e. The zero-order chi connectivity index (χ0) is 16.4. The molecule has 1 aromatic rings. The summed E-state index contributed by atoms with van der Waals surface area (Å²) in [5, 5.41) is 1.69. The number of allylic oxidation sites excluding steroid dienone is 4. The number of rotatable bonds is 5. The van der Waals surface area contributed by atoms with Gasteiger partial charge in [0, 0.05) is 0 Å². The van der Waals surface area contributed by atoms with E-state index in [9.17, 15) is 0 Å². The van der Waals surface area contributed by atoms with Crippen LogP contribution in [0.15, 0.2) is 42.5 Å². The molecule has 27 heavy (non-hydrogen) atoms. The molecule has 0 radical (unpaired) electrons. The molecule has 4 unspecified atom stereocenters. The summed E-state index contributed by atoms with van der Waals surface area (Å²) in [5.41, 5.74) is 3.69. The van der Waals surface area contributed by atoms with Gasteiger partial charge in [0.05, 0.1) is 8.07 Å². The van der Waals surface area contributed by atoms with Gasteiger partial charge in [-0.15, -0.1) is 12.0 Å². The average Bonchev–Trinajstić information content (AvgIpc) is 2.96. The van der Waals surface area contributed by atoms with Crippen LogP contribution in [0.1, 0.15) is 37.3 Å². The van der Waals surface area contributed by atoms with Crippen molar-refractivity contribution in [2.75, 3.05) is 0 Å². The maximum atomic E-state index is 2.71. The predicted octanol–water partition coefficient (Wildman–Crippen LogP) is -3.26. The quantitative estimate of drug-likeness (QED) is 0.309. The molecule has 148 valence electrons. The number of benzene rings is 1. The molecule has 1 fully saturated rings. The molecule has 0 saturated heterocycles. The van der Waals surface area contributed by atoms with Gasteiger partial charge in [0.25, 0.3) is 0 Å². The summed E-state index contributed by atoms with van der Waals surface area (Å²) in [6.07, 6.45) is 16.1. The minimum Gasteiger partial charge on any atom is -1.00 e. The summed E-state index contributed by atoms with van der Waals surface area (Å²) in [6.45, 7) is 9.51. The Balaban J connectivity index is 0. The van der Waals surface area contributed by atoms with Crippen LogP contribution in [0.3, 0.4) is 0 Å². The molecule has 0 aliphatic heterocycles. The third-order valence-corrected chi connectivity index (χ3v) is 11.1. The Morgan fingerprint density at radius 3 is 2.15 bits per heavy atom. The summed E-state index contributed by atoms with van der Waals surface area (Å²) in [6, 6.07) is 8.74. The fourth-order valence-corrected chi connectivity index (χ4v) is 9.35. The molecule has 1 saturated carbocycles. The second kappa shape index (κ2) is 12.9. The topological polar surface area (TPSA) is 0 Å². The molecule has 0 bridgehead atoms. The number of unbranched alkanes of at least 4 members (excludes halogenated alkanes) is 1. The van der Waals surface area contributed by atoms with Gasteiger partial charge in [0.2, 0.25) is 0 Å². The Morgan fingerprint density at radius 1 is 1.00 bits per heavy atom. The molecular formula is C22H31Cl3SiTi. The van der Waals surface area contributed by atoms with Crippen molar-refractivity contribution < 1.29 is 58.9 Å². The van der Waals surface area contributed by atoms with Gasteiger partial charge >= 0.3 is 21.7 Å². The monoisotopic (exact) mass is 476 g/mol. The van der Waals surface area contributed by atoms with Crippen molar-refractivity contribution in [1.82, 2.24) is 0 Å². The maximum absolute atomic E-state index is 2.71. The molecule has 4 atom stereocenters. The second-order valence-electron chi connectivity index (χ2n) is 7.94. The third-order valence-electron chi connectivity index (χ3n) is 6.03. The number of hydrogen-bond donors (Lipinski definition) is 0. The van der Waals surface area contributed by atoms with Crippen LogP contribution >= 0.6 is 0 Å². The fraction of sp³-hybridized carbons (Fsp3) is 0.500. The van der Waals surface area contributed by atoms with Crippen LogP contribution in [0, 0.1) is 32.1 Å². The van der Waals surface area contributed by atoms with E-state index in [0.29, 0.717) is 5.92 Å². The Bertz CT molecular complexity index is 592. The molecule has 2 aliphatic rings. The van der Waals surface area contributed by atoms with Gasteiger partial charge in [-0.1, -0.05) is 91.5 Å². The minimum atomic E-state index is -1.49. The maximum Gasteiger partial charge on any atom is 4.00 e. The Kier molecular flexibility index (Phi) is 14.2. The summed E-state index contributed by atoms with van der Waals surface area (Å²) in [7, 11) is -1.49. The van der Waals surface area contributed by atoms with E-state index in [1.54, 1.807) is 5.19 Å². The van der Waals surface area contributed by atoms with Crippen molar-refractivity contribution in [1.29, 1.82) is 0 Å². The molecule has 0 amide bonds. The molecule has 1 aromatic carbocycles. The van der Waals surface area contributed by atoms with Crippen LogP contribution in [0.25, 0.3) is 0 Å². The zero-order valence-corrected chi connectivity index (χ0v) is 21.6. The van der Waals surface area contributed by atoms with Gasteiger partial charge in [-0.3, -0.25) is 0 Å². The summed E-state index contributed by atoms with van der Waals surface area (Å²) in [5.74, 6) is 1.44. The first-order chi connectivity index (χ1) is 11.0. The molecule has 0 heterocycles. The van der Waals surface area contributed by atoms with Crippen LogP contribution in [0.2, 0.25) is 18.1 Å². The van der Waals surface area contributed by atoms with Gasteiger partial charge in [-0.25, -0.2) is 0 Å². The van der Waals surface area contributed by atoms with Crippen molar-refractivity contribution in [3.8, 4) is 0 Å². The third kappa shape index (κ3) is 6.76.